The van der Waals surface area contributed by atoms with Crippen LogP contribution < -0.4 is 5.73 Å². The molecule has 0 spiro atoms. The van der Waals surface area contributed by atoms with E-state index >= 15 is 0 Å². The van der Waals surface area contributed by atoms with Crippen molar-refractivity contribution < 1.29 is 14.3 Å². The van der Waals surface area contributed by atoms with E-state index in [1.54, 1.807) is 11.9 Å². The summed E-state index contributed by atoms with van der Waals surface area (Å²) in [5, 5.41) is 0. The number of hydrogen-bond donors (Lipinski definition) is 1. The molecule has 0 saturated carbocycles. The van der Waals surface area contributed by atoms with Gasteiger partial charge in [-0.1, -0.05) is 0 Å². The Kier molecular flexibility index (Phi) is 7.54. The lowest BCUT2D eigenvalue weighted by molar-refractivity contribution is -0.141. The molecular formula is C12H24N2O3. The van der Waals surface area contributed by atoms with Gasteiger partial charge in [-0.2, -0.15) is 0 Å². The zero-order valence-corrected chi connectivity index (χ0v) is 11.2. The van der Waals surface area contributed by atoms with Crippen LogP contribution in [0.4, 0.5) is 0 Å². The minimum Gasteiger partial charge on any atom is -0.469 e. The van der Waals surface area contributed by atoms with Crippen LogP contribution >= 0.6 is 0 Å². The van der Waals surface area contributed by atoms with Crippen LogP contribution in [0.15, 0.2) is 0 Å². The third-order valence-electron chi connectivity index (χ3n) is 2.86. The highest BCUT2D eigenvalue weighted by Gasteiger charge is 2.16. The maximum absolute atomic E-state index is 11.8. The fraction of sp³-hybridized carbons (Fsp3) is 0.833. The molecule has 5 nitrogen and oxygen atoms in total. The molecule has 1 amide bonds. The molecular weight excluding hydrogens is 220 g/mol. The lowest BCUT2D eigenvalue weighted by Crippen LogP contribution is -2.36. The number of nitrogens with two attached hydrogens (primary N) is 1. The topological polar surface area (TPSA) is 72.6 Å². The van der Waals surface area contributed by atoms with Gasteiger partial charge in [0, 0.05) is 32.0 Å². The first-order chi connectivity index (χ1) is 7.88. The molecule has 0 aliphatic carbocycles. The van der Waals surface area contributed by atoms with E-state index in [0.29, 0.717) is 25.7 Å². The van der Waals surface area contributed by atoms with E-state index in [1.165, 1.54) is 7.11 Å². The minimum absolute atomic E-state index is 0.0367. The highest BCUT2D eigenvalue weighted by atomic mass is 16.5. The van der Waals surface area contributed by atoms with Gasteiger partial charge in [0.2, 0.25) is 5.91 Å². The number of amides is 1. The van der Waals surface area contributed by atoms with Crippen LogP contribution in [0.3, 0.4) is 0 Å². The van der Waals surface area contributed by atoms with Crippen molar-refractivity contribution in [2.24, 2.45) is 5.73 Å². The number of methoxy groups -OCH3 is 1. The summed E-state index contributed by atoms with van der Waals surface area (Å²) in [5.74, 6) is -0.173. The Morgan fingerprint density at radius 3 is 2.29 bits per heavy atom. The third kappa shape index (κ3) is 6.94. The number of carbonyl (C=O) groups is 2. The largest absolute Gasteiger partial charge is 0.469 e. The molecule has 0 aliphatic rings. The van der Waals surface area contributed by atoms with E-state index in [1.807, 2.05) is 13.8 Å². The van der Waals surface area contributed by atoms with Crippen molar-refractivity contribution in [2.75, 3.05) is 14.2 Å². The molecule has 100 valence electrons. The monoisotopic (exact) mass is 244 g/mol. The third-order valence-corrected chi connectivity index (χ3v) is 2.86. The molecule has 0 aromatic rings. The predicted octanol–water partition coefficient (Wildman–Crippen LogP) is 0.914. The van der Waals surface area contributed by atoms with E-state index in [9.17, 15) is 9.59 Å². The standard InChI is InChI=1S/C12H24N2O3/c1-9(13)5-7-11(15)14(3)10(2)6-8-12(16)17-4/h9-10H,5-8,13H2,1-4H3/t9-,10+/m1/s1. The van der Waals surface area contributed by atoms with Gasteiger partial charge < -0.3 is 15.4 Å². The van der Waals surface area contributed by atoms with Gasteiger partial charge in [-0.15, -0.1) is 0 Å². The second-order valence-corrected chi connectivity index (χ2v) is 4.48. The Morgan fingerprint density at radius 1 is 1.24 bits per heavy atom. The second-order valence-electron chi connectivity index (χ2n) is 4.48. The quantitative estimate of drug-likeness (QED) is 0.676. The minimum atomic E-state index is -0.242. The molecule has 2 atom stereocenters. The SMILES string of the molecule is COC(=O)CC[C@H](C)N(C)C(=O)CC[C@@H](C)N. The van der Waals surface area contributed by atoms with E-state index < -0.39 is 0 Å². The fourth-order valence-corrected chi connectivity index (χ4v) is 1.40. The Labute approximate surface area is 103 Å². The number of nitrogens with zero attached hydrogens (tertiary/aromatic N) is 1. The first-order valence-electron chi connectivity index (χ1n) is 5.96. The molecule has 17 heavy (non-hydrogen) atoms. The number of rotatable bonds is 7. The van der Waals surface area contributed by atoms with Crippen LogP contribution in [0.2, 0.25) is 0 Å². The van der Waals surface area contributed by atoms with Crippen molar-refractivity contribution in [1.29, 1.82) is 0 Å². The molecule has 2 N–H and O–H groups in total. The number of esters is 1. The summed E-state index contributed by atoms with van der Waals surface area (Å²) in [6.45, 7) is 3.81. The molecule has 0 radical (unpaired) electrons. The van der Waals surface area contributed by atoms with Gasteiger partial charge in [-0.25, -0.2) is 0 Å². The average Bonchev–Trinajstić information content (AvgIpc) is 2.31. The van der Waals surface area contributed by atoms with Crippen LogP contribution in [0.25, 0.3) is 0 Å². The maximum atomic E-state index is 11.8. The van der Waals surface area contributed by atoms with Gasteiger partial charge in [-0.3, -0.25) is 9.59 Å². The van der Waals surface area contributed by atoms with Gasteiger partial charge in [0.25, 0.3) is 0 Å². The summed E-state index contributed by atoms with van der Waals surface area (Å²) in [6.07, 6.45) is 2.10. The van der Waals surface area contributed by atoms with Crippen LogP contribution in [-0.2, 0) is 14.3 Å². The van der Waals surface area contributed by atoms with Gasteiger partial charge in [-0.05, 0) is 26.7 Å². The molecule has 0 saturated heterocycles. The van der Waals surface area contributed by atoms with E-state index in [4.69, 9.17) is 5.73 Å². The summed E-state index contributed by atoms with van der Waals surface area (Å²) < 4.78 is 4.56. The van der Waals surface area contributed by atoms with Crippen LogP contribution in [-0.4, -0.2) is 43.0 Å². The van der Waals surface area contributed by atoms with Gasteiger partial charge >= 0.3 is 5.97 Å². The molecule has 0 aromatic carbocycles. The Hall–Kier alpha value is -1.10. The van der Waals surface area contributed by atoms with Crippen molar-refractivity contribution >= 4 is 11.9 Å². The first kappa shape index (κ1) is 15.9. The normalized spacial score (nSPS) is 13.9. The predicted molar refractivity (Wildman–Crippen MR) is 66.4 cm³/mol. The zero-order valence-electron chi connectivity index (χ0n) is 11.2. The molecule has 0 aliphatic heterocycles. The second kappa shape index (κ2) is 8.06. The molecule has 0 fully saturated rings. The lowest BCUT2D eigenvalue weighted by atomic mass is 10.1. The van der Waals surface area contributed by atoms with Crippen molar-refractivity contribution in [3.8, 4) is 0 Å². The number of hydrogen-bond acceptors (Lipinski definition) is 4. The smallest absolute Gasteiger partial charge is 0.305 e. The molecule has 0 aromatic heterocycles. The number of ether oxygens (including phenoxy) is 1. The molecule has 5 heteroatoms. The van der Waals surface area contributed by atoms with Gasteiger partial charge in [0.05, 0.1) is 7.11 Å². The summed E-state index contributed by atoms with van der Waals surface area (Å²) in [5.41, 5.74) is 5.60. The van der Waals surface area contributed by atoms with Gasteiger partial charge in [0.1, 0.15) is 0 Å². The molecule has 0 rings (SSSR count). The summed E-state index contributed by atoms with van der Waals surface area (Å²) in [7, 11) is 3.12. The van der Waals surface area contributed by atoms with Gasteiger partial charge in [0.15, 0.2) is 0 Å². The maximum Gasteiger partial charge on any atom is 0.305 e. The van der Waals surface area contributed by atoms with Crippen molar-refractivity contribution in [1.82, 2.24) is 4.90 Å². The molecule has 0 unspecified atom stereocenters. The Morgan fingerprint density at radius 2 is 1.82 bits per heavy atom. The van der Waals surface area contributed by atoms with Crippen LogP contribution in [0.1, 0.15) is 39.5 Å². The lowest BCUT2D eigenvalue weighted by Gasteiger charge is -2.25. The van der Waals surface area contributed by atoms with Crippen molar-refractivity contribution in [3.63, 3.8) is 0 Å². The van der Waals surface area contributed by atoms with Crippen molar-refractivity contribution in [2.45, 2.75) is 51.6 Å². The van der Waals surface area contributed by atoms with Crippen LogP contribution in [0, 0.1) is 0 Å². The molecule has 0 bridgehead atoms. The summed E-state index contributed by atoms with van der Waals surface area (Å²) in [6, 6.07) is 0.0763. The Balaban J connectivity index is 3.98. The summed E-state index contributed by atoms with van der Waals surface area (Å²) in [4.78, 5) is 24.4. The summed E-state index contributed by atoms with van der Waals surface area (Å²) >= 11 is 0. The van der Waals surface area contributed by atoms with E-state index in [0.717, 1.165) is 0 Å². The van der Waals surface area contributed by atoms with Crippen molar-refractivity contribution in [3.05, 3.63) is 0 Å². The van der Waals surface area contributed by atoms with Crippen LogP contribution in [0.5, 0.6) is 0 Å². The average molecular weight is 244 g/mol. The fourth-order valence-electron chi connectivity index (χ4n) is 1.40. The van der Waals surface area contributed by atoms with E-state index in [2.05, 4.69) is 4.74 Å². The highest BCUT2D eigenvalue weighted by molar-refractivity contribution is 5.76. The first-order valence-corrected chi connectivity index (χ1v) is 5.96. The van der Waals surface area contributed by atoms with E-state index in [-0.39, 0.29) is 24.0 Å². The molecule has 0 heterocycles. The number of carbonyl (C=O) groups excluding carboxylic acids is 2. The zero-order chi connectivity index (χ0) is 13.4. The Bertz CT molecular complexity index is 254. The highest BCUT2D eigenvalue weighted by Crippen LogP contribution is 2.08.